The molecule has 0 bridgehead atoms. The molecule has 170 valence electrons. The lowest BCUT2D eigenvalue weighted by atomic mass is 10.0. The molecule has 0 spiro atoms. The molecule has 1 aromatic heterocycles. The van der Waals surface area contributed by atoms with Crippen LogP contribution in [-0.2, 0) is 24.3 Å². The topological polar surface area (TPSA) is 79.6 Å². The highest BCUT2D eigenvalue weighted by Gasteiger charge is 2.24. The summed E-state index contributed by atoms with van der Waals surface area (Å²) < 4.78 is 7.13. The van der Waals surface area contributed by atoms with E-state index in [1.165, 1.54) is 0 Å². The van der Waals surface area contributed by atoms with Crippen molar-refractivity contribution in [3.63, 3.8) is 0 Å². The molecule has 1 aliphatic rings. The summed E-state index contributed by atoms with van der Waals surface area (Å²) in [6.07, 6.45) is 1.86. The smallest absolute Gasteiger partial charge is 0.191 e. The third kappa shape index (κ3) is 5.96. The Bertz CT molecular complexity index is 865. The van der Waals surface area contributed by atoms with Crippen LogP contribution >= 0.6 is 11.6 Å². The fourth-order valence-corrected chi connectivity index (χ4v) is 4.36. The van der Waals surface area contributed by atoms with Crippen LogP contribution in [0.3, 0.4) is 0 Å². The molecule has 1 aliphatic heterocycles. The molecule has 2 N–H and O–H groups in total. The first-order valence-electron chi connectivity index (χ1n) is 11.0. The van der Waals surface area contributed by atoms with Crippen molar-refractivity contribution in [2.24, 2.45) is 4.99 Å². The second kappa shape index (κ2) is 11.5. The van der Waals surface area contributed by atoms with Crippen LogP contribution in [0.25, 0.3) is 0 Å². The summed E-state index contributed by atoms with van der Waals surface area (Å²) in [5.74, 6) is 2.55. The minimum absolute atomic E-state index is 0.159. The summed E-state index contributed by atoms with van der Waals surface area (Å²) in [6.45, 7) is 8.16. The van der Waals surface area contributed by atoms with Gasteiger partial charge in [0, 0.05) is 38.2 Å². The van der Waals surface area contributed by atoms with E-state index in [9.17, 15) is 0 Å². The molecule has 1 aromatic carbocycles. The zero-order valence-corrected chi connectivity index (χ0v) is 19.7. The molecule has 0 saturated heterocycles. The highest BCUT2D eigenvalue weighted by molar-refractivity contribution is 6.31. The molecule has 2 unspecified atom stereocenters. The quantitative estimate of drug-likeness (QED) is 0.454. The second-order valence-corrected chi connectivity index (χ2v) is 8.06. The molecule has 2 atom stereocenters. The van der Waals surface area contributed by atoms with E-state index in [1.54, 1.807) is 14.2 Å². The number of ether oxygens (including phenoxy) is 1. The minimum Gasteiger partial charge on any atom is -0.377 e. The molecular weight excluding hydrogens is 414 g/mol. The van der Waals surface area contributed by atoms with Gasteiger partial charge in [-0.3, -0.25) is 9.89 Å². The standard InChI is InChI=1S/C22H34ClN7O/c1-5-29(6-2)19(17-9-7-8-10-18(17)23)13-25-22(24-3)26-16-11-12-21-27-20(15-31-4)28-30(21)14-16/h7-10,16,19H,5-6,11-15H2,1-4H3,(H2,24,25,26). The van der Waals surface area contributed by atoms with Crippen LogP contribution in [0.2, 0.25) is 5.02 Å². The lowest BCUT2D eigenvalue weighted by molar-refractivity contribution is 0.177. The Morgan fingerprint density at radius 2 is 2.13 bits per heavy atom. The Morgan fingerprint density at radius 3 is 2.81 bits per heavy atom. The molecule has 2 heterocycles. The number of hydrogen-bond donors (Lipinski definition) is 2. The average Bonchev–Trinajstić information content (AvgIpc) is 3.18. The second-order valence-electron chi connectivity index (χ2n) is 7.65. The Labute approximate surface area is 190 Å². The average molecular weight is 448 g/mol. The van der Waals surface area contributed by atoms with Crippen molar-refractivity contribution >= 4 is 17.6 Å². The molecule has 0 amide bonds. The number of aliphatic imine (C=N–C) groups is 1. The summed E-state index contributed by atoms with van der Waals surface area (Å²) >= 11 is 6.53. The summed E-state index contributed by atoms with van der Waals surface area (Å²) in [7, 11) is 3.46. The van der Waals surface area contributed by atoms with Gasteiger partial charge in [0.1, 0.15) is 12.4 Å². The van der Waals surface area contributed by atoms with E-state index in [2.05, 4.69) is 50.5 Å². The third-order valence-corrected chi connectivity index (χ3v) is 6.06. The Kier molecular flexibility index (Phi) is 8.69. The SMILES string of the molecule is CCN(CC)C(CNC(=NC)NC1CCc2nc(COC)nn2C1)c1ccccc1Cl. The molecular formula is C22H34ClN7O. The number of aryl methyl sites for hydroxylation is 1. The van der Waals surface area contributed by atoms with Crippen molar-refractivity contribution in [1.29, 1.82) is 0 Å². The van der Waals surface area contributed by atoms with Gasteiger partial charge in [-0.25, -0.2) is 9.67 Å². The van der Waals surface area contributed by atoms with Gasteiger partial charge in [-0.05, 0) is 31.1 Å². The van der Waals surface area contributed by atoms with E-state index in [-0.39, 0.29) is 12.1 Å². The summed E-state index contributed by atoms with van der Waals surface area (Å²) in [6, 6.07) is 8.47. The van der Waals surface area contributed by atoms with Gasteiger partial charge in [0.05, 0.1) is 12.6 Å². The molecule has 0 saturated carbocycles. The number of benzene rings is 1. The van der Waals surface area contributed by atoms with E-state index in [1.807, 2.05) is 22.9 Å². The molecule has 8 nitrogen and oxygen atoms in total. The maximum Gasteiger partial charge on any atom is 0.191 e. The normalized spacial score (nSPS) is 17.5. The maximum atomic E-state index is 6.53. The monoisotopic (exact) mass is 447 g/mol. The Morgan fingerprint density at radius 1 is 1.35 bits per heavy atom. The van der Waals surface area contributed by atoms with Crippen LogP contribution in [0.1, 0.15) is 43.5 Å². The van der Waals surface area contributed by atoms with Crippen LogP contribution < -0.4 is 10.6 Å². The van der Waals surface area contributed by atoms with Gasteiger partial charge in [0.15, 0.2) is 11.8 Å². The molecule has 9 heteroatoms. The molecule has 0 aliphatic carbocycles. The van der Waals surface area contributed by atoms with Crippen molar-refractivity contribution in [1.82, 2.24) is 30.3 Å². The number of hydrogen-bond acceptors (Lipinski definition) is 5. The number of fused-ring (bicyclic) bond motifs is 1. The van der Waals surface area contributed by atoms with E-state index < -0.39 is 0 Å². The third-order valence-electron chi connectivity index (χ3n) is 5.72. The van der Waals surface area contributed by atoms with Crippen molar-refractivity contribution < 1.29 is 4.74 Å². The highest BCUT2D eigenvalue weighted by Crippen LogP contribution is 2.27. The molecule has 0 fully saturated rings. The number of nitrogens with zero attached hydrogens (tertiary/aromatic N) is 5. The van der Waals surface area contributed by atoms with Gasteiger partial charge < -0.3 is 15.4 Å². The zero-order valence-electron chi connectivity index (χ0n) is 18.9. The number of halogens is 1. The minimum atomic E-state index is 0.159. The predicted molar refractivity (Wildman–Crippen MR) is 124 cm³/mol. The zero-order chi connectivity index (χ0) is 22.2. The van der Waals surface area contributed by atoms with Gasteiger partial charge in [-0.1, -0.05) is 43.6 Å². The lowest BCUT2D eigenvalue weighted by Crippen LogP contribution is -2.49. The molecule has 2 aromatic rings. The lowest BCUT2D eigenvalue weighted by Gasteiger charge is -2.32. The first-order chi connectivity index (χ1) is 15.1. The molecule has 0 radical (unpaired) electrons. The first-order valence-corrected chi connectivity index (χ1v) is 11.3. The van der Waals surface area contributed by atoms with Gasteiger partial charge in [0.25, 0.3) is 0 Å². The number of nitrogens with one attached hydrogen (secondary N) is 2. The van der Waals surface area contributed by atoms with Crippen LogP contribution in [0.4, 0.5) is 0 Å². The fraction of sp³-hybridized carbons (Fsp3) is 0.591. The number of aromatic nitrogens is 3. The summed E-state index contributed by atoms with van der Waals surface area (Å²) in [5.41, 5.74) is 1.13. The van der Waals surface area contributed by atoms with Crippen LogP contribution in [0.5, 0.6) is 0 Å². The van der Waals surface area contributed by atoms with Crippen LogP contribution in [0, 0.1) is 0 Å². The van der Waals surface area contributed by atoms with Crippen LogP contribution in [0.15, 0.2) is 29.3 Å². The van der Waals surface area contributed by atoms with Gasteiger partial charge in [-0.15, -0.1) is 0 Å². The van der Waals surface area contributed by atoms with Crippen molar-refractivity contribution in [2.45, 2.75) is 51.9 Å². The van der Waals surface area contributed by atoms with Gasteiger partial charge >= 0.3 is 0 Å². The predicted octanol–water partition coefficient (Wildman–Crippen LogP) is 2.64. The Balaban J connectivity index is 1.64. The molecule has 31 heavy (non-hydrogen) atoms. The first kappa shape index (κ1) is 23.5. The van der Waals surface area contributed by atoms with Crippen molar-refractivity contribution in [3.8, 4) is 0 Å². The number of rotatable bonds is 9. The number of guanidine groups is 1. The van der Waals surface area contributed by atoms with Gasteiger partial charge in [-0.2, -0.15) is 5.10 Å². The Hall–Kier alpha value is -2.16. The summed E-state index contributed by atoms with van der Waals surface area (Å²) in [5, 5.41) is 12.4. The van der Waals surface area contributed by atoms with E-state index in [0.29, 0.717) is 13.2 Å². The van der Waals surface area contributed by atoms with E-state index >= 15 is 0 Å². The van der Waals surface area contributed by atoms with E-state index in [0.717, 1.165) is 60.7 Å². The number of likely N-dealkylation sites (N-methyl/N-ethyl adjacent to an activating group) is 1. The molecule has 3 rings (SSSR count). The number of methoxy groups -OCH3 is 1. The highest BCUT2D eigenvalue weighted by atomic mass is 35.5. The van der Waals surface area contributed by atoms with Gasteiger partial charge in [0.2, 0.25) is 0 Å². The largest absolute Gasteiger partial charge is 0.377 e. The summed E-state index contributed by atoms with van der Waals surface area (Å²) in [4.78, 5) is 11.4. The van der Waals surface area contributed by atoms with E-state index in [4.69, 9.17) is 16.3 Å². The maximum absolute atomic E-state index is 6.53. The van der Waals surface area contributed by atoms with Crippen molar-refractivity contribution in [2.75, 3.05) is 33.8 Å². The van der Waals surface area contributed by atoms with Crippen LogP contribution in [-0.4, -0.2) is 65.5 Å². The van der Waals surface area contributed by atoms with Crippen molar-refractivity contribution in [3.05, 3.63) is 46.5 Å². The fourth-order valence-electron chi connectivity index (χ4n) is 4.10.